The van der Waals surface area contributed by atoms with Crippen LogP contribution in [0.1, 0.15) is 44.1 Å². The fraction of sp³-hybridized carbons (Fsp3) is 0.533. The highest BCUT2D eigenvalue weighted by Crippen LogP contribution is 2.39. The van der Waals surface area contributed by atoms with E-state index in [-0.39, 0.29) is 5.54 Å². The second kappa shape index (κ2) is 3.82. The van der Waals surface area contributed by atoms with E-state index >= 15 is 0 Å². The Hall–Kier alpha value is -1.35. The summed E-state index contributed by atoms with van der Waals surface area (Å²) in [6.45, 7) is 6.50. The van der Waals surface area contributed by atoms with Crippen LogP contribution < -0.4 is 5.32 Å². The maximum Gasteiger partial charge on any atom is 0.106 e. The zero-order valence-electron chi connectivity index (χ0n) is 11.6. The molecule has 0 unspecified atom stereocenters. The average molecular weight is 243 g/mol. The molecule has 1 aliphatic carbocycles. The van der Waals surface area contributed by atoms with Gasteiger partial charge in [-0.05, 0) is 58.4 Å². The molecule has 1 fully saturated rings. The maximum absolute atomic E-state index is 4.72. The maximum atomic E-state index is 4.72. The van der Waals surface area contributed by atoms with Gasteiger partial charge in [-0.3, -0.25) is 0 Å². The smallest absolute Gasteiger partial charge is 0.106 e. The number of fused-ring (bicyclic) bond motifs is 1. The van der Waals surface area contributed by atoms with Gasteiger partial charge in [0.15, 0.2) is 0 Å². The van der Waals surface area contributed by atoms with Crippen molar-refractivity contribution in [1.82, 2.24) is 14.9 Å². The van der Waals surface area contributed by atoms with Gasteiger partial charge in [0.2, 0.25) is 0 Å². The van der Waals surface area contributed by atoms with Gasteiger partial charge in [0.05, 0.1) is 11.0 Å². The Kier molecular flexibility index (Phi) is 2.49. The van der Waals surface area contributed by atoms with E-state index in [4.69, 9.17) is 4.98 Å². The molecule has 1 N–H and O–H groups in total. The minimum absolute atomic E-state index is 0.00848. The van der Waals surface area contributed by atoms with Crippen LogP contribution in [0.3, 0.4) is 0 Å². The molecule has 2 aromatic rings. The molecule has 3 nitrogen and oxygen atoms in total. The fourth-order valence-corrected chi connectivity index (χ4v) is 2.55. The molecule has 0 saturated heterocycles. The number of rotatable bonds is 3. The normalized spacial score (nSPS) is 16.4. The van der Waals surface area contributed by atoms with Crippen LogP contribution in [0.15, 0.2) is 18.2 Å². The van der Waals surface area contributed by atoms with Crippen molar-refractivity contribution in [2.75, 3.05) is 7.05 Å². The van der Waals surface area contributed by atoms with Crippen molar-refractivity contribution in [3.8, 4) is 0 Å². The van der Waals surface area contributed by atoms with Crippen LogP contribution in [0.4, 0.5) is 0 Å². The van der Waals surface area contributed by atoms with Crippen LogP contribution in [0.5, 0.6) is 0 Å². The summed E-state index contributed by atoms with van der Waals surface area (Å²) < 4.78 is 2.39. The number of benzene rings is 1. The zero-order chi connectivity index (χ0) is 12.9. The molecule has 18 heavy (non-hydrogen) atoms. The third-order valence-corrected chi connectivity index (χ3v) is 4.12. The van der Waals surface area contributed by atoms with E-state index in [1.54, 1.807) is 0 Å². The Morgan fingerprint density at radius 1 is 1.33 bits per heavy atom. The monoisotopic (exact) mass is 243 g/mol. The van der Waals surface area contributed by atoms with Crippen LogP contribution in [0.25, 0.3) is 11.0 Å². The molecule has 0 atom stereocenters. The number of nitrogens with zero attached hydrogens (tertiary/aromatic N) is 2. The highest BCUT2D eigenvalue weighted by molar-refractivity contribution is 5.77. The number of aryl methyl sites for hydroxylation is 1. The lowest BCUT2D eigenvalue weighted by Gasteiger charge is -2.24. The van der Waals surface area contributed by atoms with Crippen molar-refractivity contribution < 1.29 is 0 Å². The lowest BCUT2D eigenvalue weighted by molar-refractivity contribution is 0.445. The van der Waals surface area contributed by atoms with E-state index in [0.717, 1.165) is 11.3 Å². The molecular weight excluding hydrogens is 222 g/mol. The molecule has 0 spiro atoms. The van der Waals surface area contributed by atoms with Gasteiger partial charge in [-0.2, -0.15) is 0 Å². The molecule has 96 valence electrons. The first kappa shape index (κ1) is 11.7. The van der Waals surface area contributed by atoms with E-state index in [1.165, 1.54) is 23.9 Å². The van der Waals surface area contributed by atoms with Crippen LogP contribution in [-0.4, -0.2) is 16.6 Å². The molecule has 1 aromatic heterocycles. The van der Waals surface area contributed by atoms with Crippen LogP contribution in [0, 0.1) is 6.92 Å². The minimum Gasteiger partial charge on any atom is -0.325 e. The summed E-state index contributed by atoms with van der Waals surface area (Å²) in [6, 6.07) is 7.36. The number of nitrogens with one attached hydrogen (secondary N) is 1. The molecule has 1 heterocycles. The molecule has 0 radical (unpaired) electrons. The van der Waals surface area contributed by atoms with Crippen molar-refractivity contribution in [3.05, 3.63) is 29.6 Å². The van der Waals surface area contributed by atoms with Gasteiger partial charge in [0.25, 0.3) is 0 Å². The quantitative estimate of drug-likeness (QED) is 0.897. The summed E-state index contributed by atoms with van der Waals surface area (Å²) in [5, 5.41) is 3.34. The lowest BCUT2D eigenvalue weighted by Crippen LogP contribution is -2.32. The molecular formula is C15H21N3. The highest BCUT2D eigenvalue weighted by atomic mass is 15.1. The second-order valence-corrected chi connectivity index (χ2v) is 5.84. The van der Waals surface area contributed by atoms with Crippen molar-refractivity contribution in [1.29, 1.82) is 0 Å². The largest absolute Gasteiger partial charge is 0.325 e. The van der Waals surface area contributed by atoms with Crippen LogP contribution in [-0.2, 0) is 5.54 Å². The number of aromatic nitrogens is 2. The van der Waals surface area contributed by atoms with Gasteiger partial charge in [-0.1, -0.05) is 6.07 Å². The van der Waals surface area contributed by atoms with E-state index in [2.05, 4.69) is 48.9 Å². The molecule has 0 bridgehead atoms. The molecule has 1 saturated carbocycles. The van der Waals surface area contributed by atoms with Crippen LogP contribution >= 0.6 is 0 Å². The Balaban J connectivity index is 2.14. The van der Waals surface area contributed by atoms with Crippen molar-refractivity contribution in [2.24, 2.45) is 0 Å². The summed E-state index contributed by atoms with van der Waals surface area (Å²) in [4.78, 5) is 4.72. The average Bonchev–Trinajstić information content (AvgIpc) is 3.11. The Morgan fingerprint density at radius 2 is 2.06 bits per heavy atom. The van der Waals surface area contributed by atoms with Crippen molar-refractivity contribution in [2.45, 2.75) is 45.2 Å². The standard InChI is InChI=1S/C15H21N3/c1-10-17-13-9-11(15(2,3)16-4)5-8-14(13)18(10)12-6-7-12/h5,8-9,12,16H,6-7H2,1-4H3. The first-order valence-electron chi connectivity index (χ1n) is 6.71. The summed E-state index contributed by atoms with van der Waals surface area (Å²) in [5.74, 6) is 1.15. The Bertz CT molecular complexity index is 591. The number of hydrogen-bond donors (Lipinski definition) is 1. The minimum atomic E-state index is -0.00848. The van der Waals surface area contributed by atoms with Gasteiger partial charge >= 0.3 is 0 Å². The van der Waals surface area contributed by atoms with E-state index in [9.17, 15) is 0 Å². The number of hydrogen-bond acceptors (Lipinski definition) is 2. The van der Waals surface area contributed by atoms with Crippen molar-refractivity contribution >= 4 is 11.0 Å². The van der Waals surface area contributed by atoms with Gasteiger partial charge in [-0.25, -0.2) is 4.98 Å². The predicted octanol–water partition coefficient (Wildman–Crippen LogP) is 3.13. The molecule has 3 rings (SSSR count). The zero-order valence-corrected chi connectivity index (χ0v) is 11.6. The molecule has 3 heteroatoms. The van der Waals surface area contributed by atoms with Gasteiger partial charge in [0, 0.05) is 11.6 Å². The SMILES string of the molecule is CNC(C)(C)c1ccc2c(c1)nc(C)n2C1CC1. The van der Waals surface area contributed by atoms with E-state index in [1.807, 2.05) is 7.05 Å². The first-order valence-corrected chi connectivity index (χ1v) is 6.71. The van der Waals surface area contributed by atoms with E-state index < -0.39 is 0 Å². The summed E-state index contributed by atoms with van der Waals surface area (Å²) >= 11 is 0. The Labute approximate surface area is 108 Å². The first-order chi connectivity index (χ1) is 8.53. The third-order valence-electron chi connectivity index (χ3n) is 4.12. The van der Waals surface area contributed by atoms with Crippen molar-refractivity contribution in [3.63, 3.8) is 0 Å². The van der Waals surface area contributed by atoms with Gasteiger partial charge in [0.1, 0.15) is 5.82 Å². The van der Waals surface area contributed by atoms with Crippen LogP contribution in [0.2, 0.25) is 0 Å². The molecule has 0 aliphatic heterocycles. The molecule has 1 aliphatic rings. The predicted molar refractivity (Wildman–Crippen MR) is 74.8 cm³/mol. The Morgan fingerprint density at radius 3 is 2.67 bits per heavy atom. The molecule has 0 amide bonds. The van der Waals surface area contributed by atoms with Gasteiger partial charge < -0.3 is 9.88 Å². The summed E-state index contributed by atoms with van der Waals surface area (Å²) in [5.41, 5.74) is 3.69. The highest BCUT2D eigenvalue weighted by Gasteiger charge is 2.27. The van der Waals surface area contributed by atoms with Gasteiger partial charge in [-0.15, -0.1) is 0 Å². The molecule has 1 aromatic carbocycles. The number of imidazole rings is 1. The second-order valence-electron chi connectivity index (χ2n) is 5.84. The lowest BCUT2D eigenvalue weighted by atomic mass is 9.94. The van der Waals surface area contributed by atoms with E-state index in [0.29, 0.717) is 6.04 Å². The topological polar surface area (TPSA) is 29.9 Å². The fourth-order valence-electron chi connectivity index (χ4n) is 2.55. The summed E-state index contributed by atoms with van der Waals surface area (Å²) in [6.07, 6.45) is 2.60. The summed E-state index contributed by atoms with van der Waals surface area (Å²) in [7, 11) is 2.00. The third kappa shape index (κ3) is 1.74.